The summed E-state index contributed by atoms with van der Waals surface area (Å²) in [5.74, 6) is -1.28. The summed E-state index contributed by atoms with van der Waals surface area (Å²) < 4.78 is 23.4. The van der Waals surface area contributed by atoms with Crippen molar-refractivity contribution in [2.75, 3.05) is 5.32 Å². The third kappa shape index (κ3) is 5.31. The molecule has 0 spiro atoms. The van der Waals surface area contributed by atoms with Crippen LogP contribution >= 0.6 is 0 Å². The summed E-state index contributed by atoms with van der Waals surface area (Å²) in [7, 11) is 0. The molecule has 134 valence electrons. The number of carbonyl (C=O) groups is 2. The highest BCUT2D eigenvalue weighted by atomic mass is 19.1. The van der Waals surface area contributed by atoms with Gasteiger partial charge in [-0.2, -0.15) is 5.26 Å². The van der Waals surface area contributed by atoms with Gasteiger partial charge in [-0.3, -0.25) is 4.79 Å². The maximum Gasteiger partial charge on any atom is 0.347 e. The van der Waals surface area contributed by atoms with E-state index >= 15 is 0 Å². The lowest BCUT2D eigenvalue weighted by Gasteiger charge is -2.17. The SMILES string of the molecule is C[C@H](OC(=O)[C@@H](C)Oc1ccc(C#N)cc1)C(=O)Nc1ccc(F)cc1. The number of nitrogens with one attached hydrogen (secondary N) is 1. The number of benzene rings is 2. The number of hydrogen-bond donors (Lipinski definition) is 1. The number of nitriles is 1. The first-order chi connectivity index (χ1) is 12.4. The minimum absolute atomic E-state index is 0.390. The summed E-state index contributed by atoms with van der Waals surface area (Å²) in [6, 6.07) is 13.4. The second-order valence-electron chi connectivity index (χ2n) is 5.47. The van der Waals surface area contributed by atoms with E-state index in [1.807, 2.05) is 6.07 Å². The van der Waals surface area contributed by atoms with Crippen LogP contribution in [0.5, 0.6) is 5.75 Å². The zero-order chi connectivity index (χ0) is 19.1. The van der Waals surface area contributed by atoms with Crippen LogP contribution in [-0.2, 0) is 14.3 Å². The summed E-state index contributed by atoms with van der Waals surface area (Å²) in [4.78, 5) is 24.1. The monoisotopic (exact) mass is 356 g/mol. The van der Waals surface area contributed by atoms with Crippen molar-refractivity contribution in [2.45, 2.75) is 26.1 Å². The van der Waals surface area contributed by atoms with Crippen molar-refractivity contribution in [3.8, 4) is 11.8 Å². The second kappa shape index (κ2) is 8.62. The van der Waals surface area contributed by atoms with Crippen molar-refractivity contribution in [3.05, 3.63) is 59.9 Å². The van der Waals surface area contributed by atoms with Crippen LogP contribution in [0, 0.1) is 17.1 Å². The van der Waals surface area contributed by atoms with Gasteiger partial charge >= 0.3 is 5.97 Å². The van der Waals surface area contributed by atoms with E-state index in [2.05, 4.69) is 5.32 Å². The zero-order valence-corrected chi connectivity index (χ0v) is 14.2. The molecule has 2 aromatic carbocycles. The normalized spacial score (nSPS) is 12.4. The van der Waals surface area contributed by atoms with Crippen LogP contribution in [0.4, 0.5) is 10.1 Å². The van der Waals surface area contributed by atoms with Gasteiger partial charge in [0.25, 0.3) is 5.91 Å². The highest BCUT2D eigenvalue weighted by Gasteiger charge is 2.23. The van der Waals surface area contributed by atoms with Crippen LogP contribution in [0.2, 0.25) is 0 Å². The van der Waals surface area contributed by atoms with Crippen molar-refractivity contribution in [3.63, 3.8) is 0 Å². The molecule has 0 heterocycles. The molecule has 0 radical (unpaired) electrons. The lowest BCUT2D eigenvalue weighted by atomic mass is 10.2. The minimum atomic E-state index is -1.06. The zero-order valence-electron chi connectivity index (χ0n) is 14.2. The molecule has 7 heteroatoms. The fourth-order valence-corrected chi connectivity index (χ4v) is 1.96. The van der Waals surface area contributed by atoms with Gasteiger partial charge in [0.05, 0.1) is 11.6 Å². The van der Waals surface area contributed by atoms with Gasteiger partial charge in [0, 0.05) is 5.69 Å². The maximum absolute atomic E-state index is 12.9. The number of hydrogen-bond acceptors (Lipinski definition) is 5. The molecule has 0 saturated heterocycles. The van der Waals surface area contributed by atoms with Crippen LogP contribution in [0.3, 0.4) is 0 Å². The van der Waals surface area contributed by atoms with Crippen molar-refractivity contribution in [1.82, 2.24) is 0 Å². The Bertz CT molecular complexity index is 813. The average molecular weight is 356 g/mol. The largest absolute Gasteiger partial charge is 0.479 e. The Morgan fingerprint density at radius 2 is 1.65 bits per heavy atom. The molecule has 0 saturated carbocycles. The summed E-state index contributed by atoms with van der Waals surface area (Å²) in [6.07, 6.45) is -2.00. The third-order valence-electron chi connectivity index (χ3n) is 3.40. The molecule has 0 aliphatic carbocycles. The Hall–Kier alpha value is -3.40. The smallest absolute Gasteiger partial charge is 0.347 e. The number of carbonyl (C=O) groups excluding carboxylic acids is 2. The number of halogens is 1. The predicted octanol–water partition coefficient (Wildman–Crippen LogP) is 3.04. The Morgan fingerprint density at radius 1 is 1.04 bits per heavy atom. The lowest BCUT2D eigenvalue weighted by Crippen LogP contribution is -2.35. The van der Waals surface area contributed by atoms with Gasteiger partial charge in [-0.05, 0) is 62.4 Å². The van der Waals surface area contributed by atoms with Crippen molar-refractivity contribution in [2.24, 2.45) is 0 Å². The molecule has 0 bridgehead atoms. The first-order valence-electron chi connectivity index (χ1n) is 7.83. The number of nitrogens with zero attached hydrogens (tertiary/aromatic N) is 1. The third-order valence-corrected chi connectivity index (χ3v) is 3.40. The van der Waals surface area contributed by atoms with E-state index in [0.717, 1.165) is 0 Å². The molecule has 26 heavy (non-hydrogen) atoms. The Labute approximate surface area is 150 Å². The summed E-state index contributed by atoms with van der Waals surface area (Å²) in [6.45, 7) is 2.91. The van der Waals surface area contributed by atoms with Crippen molar-refractivity contribution < 1.29 is 23.5 Å². The van der Waals surface area contributed by atoms with E-state index in [0.29, 0.717) is 17.0 Å². The van der Waals surface area contributed by atoms with Crippen LogP contribution in [-0.4, -0.2) is 24.1 Å². The van der Waals surface area contributed by atoms with Gasteiger partial charge in [0.1, 0.15) is 11.6 Å². The summed E-state index contributed by atoms with van der Waals surface area (Å²) >= 11 is 0. The number of amides is 1. The van der Waals surface area contributed by atoms with Gasteiger partial charge in [-0.25, -0.2) is 9.18 Å². The van der Waals surface area contributed by atoms with E-state index in [4.69, 9.17) is 14.7 Å². The van der Waals surface area contributed by atoms with Gasteiger partial charge in [0.2, 0.25) is 0 Å². The average Bonchev–Trinajstić information content (AvgIpc) is 2.64. The van der Waals surface area contributed by atoms with Crippen LogP contribution in [0.1, 0.15) is 19.4 Å². The summed E-state index contributed by atoms with van der Waals surface area (Å²) in [5, 5.41) is 11.3. The highest BCUT2D eigenvalue weighted by molar-refractivity contribution is 5.95. The van der Waals surface area contributed by atoms with E-state index in [9.17, 15) is 14.0 Å². The lowest BCUT2D eigenvalue weighted by molar-refractivity contribution is -0.159. The fourth-order valence-electron chi connectivity index (χ4n) is 1.96. The molecule has 0 aromatic heterocycles. The topological polar surface area (TPSA) is 88.4 Å². The number of ether oxygens (including phenoxy) is 2. The Balaban J connectivity index is 1.87. The Morgan fingerprint density at radius 3 is 2.23 bits per heavy atom. The molecule has 2 atom stereocenters. The van der Waals surface area contributed by atoms with E-state index in [-0.39, 0.29) is 0 Å². The molecule has 1 N–H and O–H groups in total. The first-order valence-corrected chi connectivity index (χ1v) is 7.83. The van der Waals surface area contributed by atoms with Gasteiger partial charge in [0.15, 0.2) is 12.2 Å². The molecular formula is C19H17FN2O4. The molecule has 0 aliphatic rings. The maximum atomic E-state index is 12.9. The van der Waals surface area contributed by atoms with E-state index in [1.165, 1.54) is 38.1 Å². The molecule has 1 amide bonds. The standard InChI is InChI=1S/C19H17FN2O4/c1-12(18(23)22-16-7-5-15(20)6-8-16)26-19(24)13(2)25-17-9-3-14(11-21)4-10-17/h3-10,12-13H,1-2H3,(H,22,23)/t12-,13+/m0/s1. The van der Waals surface area contributed by atoms with Gasteiger partial charge < -0.3 is 14.8 Å². The first kappa shape index (κ1) is 18.9. The molecule has 0 unspecified atom stereocenters. The molecular weight excluding hydrogens is 339 g/mol. The van der Waals surface area contributed by atoms with Gasteiger partial charge in [-0.1, -0.05) is 0 Å². The molecule has 2 aromatic rings. The van der Waals surface area contributed by atoms with E-state index in [1.54, 1.807) is 24.3 Å². The van der Waals surface area contributed by atoms with E-state index < -0.39 is 29.9 Å². The van der Waals surface area contributed by atoms with Crippen molar-refractivity contribution in [1.29, 1.82) is 5.26 Å². The Kier molecular flexibility index (Phi) is 6.28. The molecule has 0 aliphatic heterocycles. The van der Waals surface area contributed by atoms with Gasteiger partial charge in [-0.15, -0.1) is 0 Å². The number of anilines is 1. The van der Waals surface area contributed by atoms with Crippen molar-refractivity contribution >= 4 is 17.6 Å². The number of esters is 1. The second-order valence-corrected chi connectivity index (χ2v) is 5.47. The molecule has 0 fully saturated rings. The minimum Gasteiger partial charge on any atom is -0.479 e. The fraction of sp³-hybridized carbons (Fsp3) is 0.211. The van der Waals surface area contributed by atoms with Crippen LogP contribution in [0.25, 0.3) is 0 Å². The van der Waals surface area contributed by atoms with Crippen LogP contribution < -0.4 is 10.1 Å². The molecule has 6 nitrogen and oxygen atoms in total. The number of rotatable bonds is 6. The highest BCUT2D eigenvalue weighted by Crippen LogP contribution is 2.15. The predicted molar refractivity (Wildman–Crippen MR) is 91.8 cm³/mol. The molecule has 2 rings (SSSR count). The van der Waals surface area contributed by atoms with Crippen LogP contribution in [0.15, 0.2) is 48.5 Å². The quantitative estimate of drug-likeness (QED) is 0.804. The summed E-state index contributed by atoms with van der Waals surface area (Å²) in [5.41, 5.74) is 0.861.